The molecule has 21 heavy (non-hydrogen) atoms. The Morgan fingerprint density at radius 1 is 1.38 bits per heavy atom. The van der Waals surface area contributed by atoms with Crippen molar-refractivity contribution in [1.82, 2.24) is 14.8 Å². The van der Waals surface area contributed by atoms with E-state index in [0.29, 0.717) is 30.1 Å². The van der Waals surface area contributed by atoms with Crippen LogP contribution in [0.3, 0.4) is 0 Å². The fourth-order valence-electron chi connectivity index (χ4n) is 2.57. The number of primary amides is 1. The summed E-state index contributed by atoms with van der Waals surface area (Å²) in [5.41, 5.74) is 5.75. The van der Waals surface area contributed by atoms with Gasteiger partial charge in [0.15, 0.2) is 5.82 Å². The highest BCUT2D eigenvalue weighted by Gasteiger charge is 2.29. The molecule has 0 fully saturated rings. The van der Waals surface area contributed by atoms with Crippen LogP contribution in [0.2, 0.25) is 0 Å². The van der Waals surface area contributed by atoms with Crippen molar-refractivity contribution in [2.24, 2.45) is 5.73 Å². The van der Waals surface area contributed by atoms with Crippen molar-refractivity contribution < 1.29 is 13.6 Å². The number of nitrogens with zero attached hydrogens (tertiary/aromatic N) is 3. The van der Waals surface area contributed by atoms with Crippen molar-refractivity contribution in [1.29, 1.82) is 0 Å². The lowest BCUT2D eigenvalue weighted by Gasteiger charge is -2.12. The standard InChI is InChI=1S/C14H14F2N4O/c1-7(13(17)21)14-18-12-3-2-11(20(12)19-14)8-4-9(15)6-10(16)5-8/h4-7,11H,2-3H2,1H3,(H2,17,21)/t7?,11-/m0/s1. The maximum atomic E-state index is 13.4. The van der Waals surface area contributed by atoms with Crippen molar-refractivity contribution >= 4 is 5.91 Å². The Morgan fingerprint density at radius 3 is 2.67 bits per heavy atom. The zero-order valence-corrected chi connectivity index (χ0v) is 11.4. The third-order valence-corrected chi connectivity index (χ3v) is 3.74. The molecule has 3 rings (SSSR count). The molecular weight excluding hydrogens is 278 g/mol. The first kappa shape index (κ1) is 13.7. The summed E-state index contributed by atoms with van der Waals surface area (Å²) in [7, 11) is 0. The zero-order valence-electron chi connectivity index (χ0n) is 11.4. The molecule has 1 aromatic heterocycles. The van der Waals surface area contributed by atoms with Gasteiger partial charge in [-0.3, -0.25) is 4.79 Å². The van der Waals surface area contributed by atoms with E-state index in [2.05, 4.69) is 10.1 Å². The summed E-state index contributed by atoms with van der Waals surface area (Å²) in [6.07, 6.45) is 1.31. The predicted octanol–water partition coefficient (Wildman–Crippen LogP) is 1.68. The van der Waals surface area contributed by atoms with E-state index < -0.39 is 23.5 Å². The van der Waals surface area contributed by atoms with Crippen molar-refractivity contribution in [3.8, 4) is 0 Å². The van der Waals surface area contributed by atoms with Crippen molar-refractivity contribution in [2.45, 2.75) is 31.7 Å². The molecule has 2 aromatic rings. The third-order valence-electron chi connectivity index (χ3n) is 3.74. The van der Waals surface area contributed by atoms with E-state index in [1.54, 1.807) is 11.6 Å². The van der Waals surface area contributed by atoms with Crippen LogP contribution in [-0.2, 0) is 11.2 Å². The zero-order chi connectivity index (χ0) is 15.1. The number of amides is 1. The van der Waals surface area contributed by atoms with E-state index in [-0.39, 0.29) is 6.04 Å². The third kappa shape index (κ3) is 2.39. The molecule has 1 amide bonds. The molecule has 7 heteroatoms. The molecule has 5 nitrogen and oxygen atoms in total. The van der Waals surface area contributed by atoms with Crippen LogP contribution in [0.25, 0.3) is 0 Å². The van der Waals surface area contributed by atoms with Gasteiger partial charge in [0.25, 0.3) is 0 Å². The van der Waals surface area contributed by atoms with E-state index in [1.165, 1.54) is 12.1 Å². The molecule has 0 aliphatic carbocycles. The van der Waals surface area contributed by atoms with Gasteiger partial charge in [-0.05, 0) is 31.0 Å². The second-order valence-electron chi connectivity index (χ2n) is 5.21. The van der Waals surface area contributed by atoms with Gasteiger partial charge in [0.1, 0.15) is 17.5 Å². The lowest BCUT2D eigenvalue weighted by Crippen LogP contribution is -2.20. The van der Waals surface area contributed by atoms with Crippen LogP contribution in [0, 0.1) is 11.6 Å². The van der Waals surface area contributed by atoms with Crippen LogP contribution in [0.4, 0.5) is 8.78 Å². The number of hydrogen-bond acceptors (Lipinski definition) is 3. The lowest BCUT2D eigenvalue weighted by molar-refractivity contribution is -0.119. The number of benzene rings is 1. The number of fused-ring (bicyclic) bond motifs is 1. The van der Waals surface area contributed by atoms with Crippen LogP contribution in [-0.4, -0.2) is 20.7 Å². The number of aryl methyl sites for hydroxylation is 1. The average molecular weight is 292 g/mol. The predicted molar refractivity (Wildman–Crippen MR) is 70.4 cm³/mol. The molecule has 0 bridgehead atoms. The summed E-state index contributed by atoms with van der Waals surface area (Å²) in [5, 5.41) is 4.29. The number of aromatic nitrogens is 3. The summed E-state index contributed by atoms with van der Waals surface area (Å²) in [5.74, 6) is -1.29. The minimum absolute atomic E-state index is 0.272. The number of nitrogens with two attached hydrogens (primary N) is 1. The molecule has 1 aliphatic heterocycles. The van der Waals surface area contributed by atoms with Crippen LogP contribution in [0.5, 0.6) is 0 Å². The van der Waals surface area contributed by atoms with Gasteiger partial charge in [0.05, 0.1) is 12.0 Å². The maximum Gasteiger partial charge on any atom is 0.228 e. The molecule has 0 radical (unpaired) electrons. The molecule has 2 heterocycles. The van der Waals surface area contributed by atoms with Crippen molar-refractivity contribution in [2.75, 3.05) is 0 Å². The first-order valence-corrected chi connectivity index (χ1v) is 6.66. The number of carbonyl (C=O) groups is 1. The average Bonchev–Trinajstić information content (AvgIpc) is 2.95. The number of hydrogen-bond donors (Lipinski definition) is 1. The summed E-state index contributed by atoms with van der Waals surface area (Å²) >= 11 is 0. The summed E-state index contributed by atoms with van der Waals surface area (Å²) < 4.78 is 28.3. The molecule has 2 N–H and O–H groups in total. The minimum Gasteiger partial charge on any atom is -0.369 e. The lowest BCUT2D eigenvalue weighted by atomic mass is 10.0. The molecule has 1 aromatic carbocycles. The minimum atomic E-state index is -0.621. The normalized spacial score (nSPS) is 18.5. The Bertz CT molecular complexity index is 693. The first-order valence-electron chi connectivity index (χ1n) is 6.66. The molecule has 110 valence electrons. The largest absolute Gasteiger partial charge is 0.369 e. The van der Waals surface area contributed by atoms with Crippen LogP contribution < -0.4 is 5.73 Å². The molecule has 0 saturated carbocycles. The fraction of sp³-hybridized carbons (Fsp3) is 0.357. The monoisotopic (exact) mass is 292 g/mol. The SMILES string of the molecule is CC(C(N)=O)c1nc2n(n1)[C@H](c1cc(F)cc(F)c1)CC2. The van der Waals surface area contributed by atoms with E-state index in [0.717, 1.165) is 6.07 Å². The number of rotatable bonds is 3. The maximum absolute atomic E-state index is 13.4. The smallest absolute Gasteiger partial charge is 0.228 e. The second kappa shape index (κ2) is 4.91. The molecule has 1 unspecified atom stereocenters. The van der Waals surface area contributed by atoms with E-state index in [4.69, 9.17) is 5.73 Å². The molecule has 2 atom stereocenters. The molecule has 1 aliphatic rings. The van der Waals surface area contributed by atoms with Crippen LogP contribution in [0.15, 0.2) is 18.2 Å². The highest BCUT2D eigenvalue weighted by atomic mass is 19.1. The van der Waals surface area contributed by atoms with Gasteiger partial charge in [0.2, 0.25) is 5.91 Å². The summed E-state index contributed by atoms with van der Waals surface area (Å²) in [6.45, 7) is 1.63. The Kier molecular flexibility index (Phi) is 3.19. The second-order valence-corrected chi connectivity index (χ2v) is 5.21. The topological polar surface area (TPSA) is 73.8 Å². The van der Waals surface area contributed by atoms with Crippen LogP contribution >= 0.6 is 0 Å². The Labute approximate surface area is 119 Å². The van der Waals surface area contributed by atoms with Gasteiger partial charge in [0, 0.05) is 12.5 Å². The Hall–Kier alpha value is -2.31. The van der Waals surface area contributed by atoms with Gasteiger partial charge < -0.3 is 5.73 Å². The Balaban J connectivity index is 1.98. The van der Waals surface area contributed by atoms with E-state index in [9.17, 15) is 13.6 Å². The summed E-state index contributed by atoms with van der Waals surface area (Å²) in [4.78, 5) is 15.5. The number of halogens is 2. The fourth-order valence-corrected chi connectivity index (χ4v) is 2.57. The molecule has 0 saturated heterocycles. The van der Waals surface area contributed by atoms with Gasteiger partial charge >= 0.3 is 0 Å². The van der Waals surface area contributed by atoms with E-state index in [1.807, 2.05) is 0 Å². The van der Waals surface area contributed by atoms with Crippen LogP contribution in [0.1, 0.15) is 42.5 Å². The highest BCUT2D eigenvalue weighted by molar-refractivity contribution is 5.80. The van der Waals surface area contributed by atoms with Gasteiger partial charge in [-0.25, -0.2) is 18.4 Å². The number of carbonyl (C=O) groups excluding carboxylic acids is 1. The van der Waals surface area contributed by atoms with Crippen molar-refractivity contribution in [3.05, 3.63) is 47.0 Å². The quantitative estimate of drug-likeness (QED) is 0.935. The highest BCUT2D eigenvalue weighted by Crippen LogP contribution is 2.32. The van der Waals surface area contributed by atoms with Gasteiger partial charge in [-0.1, -0.05) is 0 Å². The van der Waals surface area contributed by atoms with Crippen molar-refractivity contribution in [3.63, 3.8) is 0 Å². The molecule has 0 spiro atoms. The molecular formula is C14H14F2N4O. The summed E-state index contributed by atoms with van der Waals surface area (Å²) in [6, 6.07) is 3.15. The Morgan fingerprint density at radius 2 is 2.05 bits per heavy atom. The first-order chi connectivity index (χ1) is 9.95. The van der Waals surface area contributed by atoms with E-state index >= 15 is 0 Å². The van der Waals surface area contributed by atoms with Gasteiger partial charge in [-0.15, -0.1) is 0 Å². The van der Waals surface area contributed by atoms with Gasteiger partial charge in [-0.2, -0.15) is 5.10 Å².